The molecule has 2 rings (SSSR count). The lowest BCUT2D eigenvalue weighted by Gasteiger charge is -2.13. The third-order valence-electron chi connectivity index (χ3n) is 3.07. The summed E-state index contributed by atoms with van der Waals surface area (Å²) in [5, 5.41) is 11.6. The van der Waals surface area contributed by atoms with E-state index in [0.717, 1.165) is 19.5 Å². The van der Waals surface area contributed by atoms with Crippen molar-refractivity contribution in [2.45, 2.75) is 18.9 Å². The fourth-order valence-electron chi connectivity index (χ4n) is 2.12. The van der Waals surface area contributed by atoms with Crippen LogP contribution in [0.4, 0.5) is 0 Å². The standard InChI is InChI=1S/C13H16N4O/c1-17-7-4-12(9-17)16-13(18)10-3-6-15-11(8-10)2-5-14/h3,6,8,12H,2,4,7,9H2,1H3,(H,16,18). The van der Waals surface area contributed by atoms with Gasteiger partial charge in [-0.25, -0.2) is 0 Å². The molecule has 0 radical (unpaired) electrons. The molecule has 0 aliphatic carbocycles. The van der Waals surface area contributed by atoms with Gasteiger partial charge < -0.3 is 10.2 Å². The molecule has 5 heteroatoms. The van der Waals surface area contributed by atoms with Gasteiger partial charge >= 0.3 is 0 Å². The number of nitrogens with one attached hydrogen (secondary N) is 1. The SMILES string of the molecule is CN1CCC(NC(=O)c2ccnc(CC#N)c2)C1. The molecular weight excluding hydrogens is 228 g/mol. The Bertz CT molecular complexity index is 480. The average Bonchev–Trinajstić information content (AvgIpc) is 2.75. The molecule has 1 atom stereocenters. The van der Waals surface area contributed by atoms with Crippen LogP contribution in [0, 0.1) is 11.3 Å². The monoisotopic (exact) mass is 244 g/mol. The van der Waals surface area contributed by atoms with Crippen molar-refractivity contribution in [1.29, 1.82) is 5.26 Å². The van der Waals surface area contributed by atoms with Crippen LogP contribution in [0.1, 0.15) is 22.5 Å². The summed E-state index contributed by atoms with van der Waals surface area (Å²) in [6.45, 7) is 1.91. The van der Waals surface area contributed by atoms with Gasteiger partial charge in [-0.05, 0) is 32.1 Å². The van der Waals surface area contributed by atoms with Crippen molar-refractivity contribution in [2.24, 2.45) is 0 Å². The molecule has 1 N–H and O–H groups in total. The van der Waals surface area contributed by atoms with Gasteiger partial charge in [0, 0.05) is 24.3 Å². The first-order valence-corrected chi connectivity index (χ1v) is 6.00. The van der Waals surface area contributed by atoms with Crippen LogP contribution in [-0.4, -0.2) is 42.0 Å². The summed E-state index contributed by atoms with van der Waals surface area (Å²) in [7, 11) is 2.05. The van der Waals surface area contributed by atoms with Gasteiger partial charge in [-0.2, -0.15) is 5.26 Å². The van der Waals surface area contributed by atoms with E-state index >= 15 is 0 Å². The fraction of sp³-hybridized carbons (Fsp3) is 0.462. The number of amides is 1. The summed E-state index contributed by atoms with van der Waals surface area (Å²) in [6.07, 6.45) is 2.79. The zero-order valence-electron chi connectivity index (χ0n) is 10.4. The maximum Gasteiger partial charge on any atom is 0.251 e. The van der Waals surface area contributed by atoms with Crippen LogP contribution in [0.5, 0.6) is 0 Å². The molecule has 1 aromatic rings. The Morgan fingerprint density at radius 2 is 2.56 bits per heavy atom. The Morgan fingerprint density at radius 3 is 3.22 bits per heavy atom. The molecule has 94 valence electrons. The van der Waals surface area contributed by atoms with Crippen LogP contribution in [0.2, 0.25) is 0 Å². The predicted molar refractivity (Wildman–Crippen MR) is 66.9 cm³/mol. The number of nitriles is 1. The van der Waals surface area contributed by atoms with E-state index in [0.29, 0.717) is 11.3 Å². The smallest absolute Gasteiger partial charge is 0.251 e. The first-order valence-electron chi connectivity index (χ1n) is 6.00. The Balaban J connectivity index is 2.00. The summed E-state index contributed by atoms with van der Waals surface area (Å²) < 4.78 is 0. The van der Waals surface area contributed by atoms with Gasteiger partial charge in [0.15, 0.2) is 0 Å². The van der Waals surface area contributed by atoms with E-state index in [9.17, 15) is 4.79 Å². The summed E-state index contributed by atoms with van der Waals surface area (Å²) in [6, 6.07) is 5.60. The fourth-order valence-corrected chi connectivity index (χ4v) is 2.12. The molecule has 1 aliphatic rings. The molecular formula is C13H16N4O. The second-order valence-electron chi connectivity index (χ2n) is 4.59. The van der Waals surface area contributed by atoms with Crippen molar-refractivity contribution in [2.75, 3.05) is 20.1 Å². The van der Waals surface area contributed by atoms with Crippen LogP contribution in [0.3, 0.4) is 0 Å². The number of nitrogens with zero attached hydrogens (tertiary/aromatic N) is 3. The second-order valence-corrected chi connectivity index (χ2v) is 4.59. The number of likely N-dealkylation sites (N-methyl/N-ethyl adjacent to an activating group) is 1. The normalized spacial score (nSPS) is 19.4. The van der Waals surface area contributed by atoms with Crippen molar-refractivity contribution in [1.82, 2.24) is 15.2 Å². The van der Waals surface area contributed by atoms with E-state index in [1.54, 1.807) is 18.3 Å². The van der Waals surface area contributed by atoms with Gasteiger partial charge in [0.2, 0.25) is 0 Å². The van der Waals surface area contributed by atoms with Crippen molar-refractivity contribution >= 4 is 5.91 Å². The van der Waals surface area contributed by atoms with Crippen LogP contribution in [0.15, 0.2) is 18.3 Å². The third-order valence-corrected chi connectivity index (χ3v) is 3.07. The number of pyridine rings is 1. The molecule has 18 heavy (non-hydrogen) atoms. The minimum absolute atomic E-state index is 0.0862. The van der Waals surface area contributed by atoms with Crippen molar-refractivity contribution < 1.29 is 4.79 Å². The Hall–Kier alpha value is -1.93. The number of hydrogen-bond donors (Lipinski definition) is 1. The minimum Gasteiger partial charge on any atom is -0.348 e. The third kappa shape index (κ3) is 3.05. The number of hydrogen-bond acceptors (Lipinski definition) is 4. The molecule has 1 unspecified atom stereocenters. The zero-order chi connectivity index (χ0) is 13.0. The van der Waals surface area contributed by atoms with Crippen LogP contribution >= 0.6 is 0 Å². The largest absolute Gasteiger partial charge is 0.348 e. The quantitative estimate of drug-likeness (QED) is 0.844. The molecule has 0 bridgehead atoms. The molecule has 5 nitrogen and oxygen atoms in total. The lowest BCUT2D eigenvalue weighted by atomic mass is 10.1. The second kappa shape index (κ2) is 5.61. The maximum atomic E-state index is 12.0. The molecule has 1 fully saturated rings. The highest BCUT2D eigenvalue weighted by molar-refractivity contribution is 5.94. The van der Waals surface area contributed by atoms with Crippen molar-refractivity contribution in [3.05, 3.63) is 29.6 Å². The van der Waals surface area contributed by atoms with E-state index in [1.165, 1.54) is 0 Å². The first-order chi connectivity index (χ1) is 8.69. The molecule has 1 saturated heterocycles. The van der Waals surface area contributed by atoms with E-state index in [4.69, 9.17) is 5.26 Å². The topological polar surface area (TPSA) is 69.0 Å². The van der Waals surface area contributed by atoms with E-state index in [-0.39, 0.29) is 18.4 Å². The van der Waals surface area contributed by atoms with Crippen LogP contribution in [0.25, 0.3) is 0 Å². The highest BCUT2D eigenvalue weighted by atomic mass is 16.1. The molecule has 0 saturated carbocycles. The van der Waals surface area contributed by atoms with Gasteiger partial charge in [0.25, 0.3) is 5.91 Å². The summed E-state index contributed by atoms with van der Waals surface area (Å²) >= 11 is 0. The van der Waals surface area contributed by atoms with Crippen molar-refractivity contribution in [3.63, 3.8) is 0 Å². The number of aromatic nitrogens is 1. The van der Waals surface area contributed by atoms with E-state index < -0.39 is 0 Å². The van der Waals surface area contributed by atoms with E-state index in [1.807, 2.05) is 13.1 Å². The van der Waals surface area contributed by atoms with Gasteiger partial charge in [-0.1, -0.05) is 0 Å². The number of carbonyl (C=O) groups is 1. The molecule has 1 amide bonds. The number of rotatable bonds is 3. The predicted octanol–water partition coefficient (Wildman–Crippen LogP) is 0.582. The lowest BCUT2D eigenvalue weighted by molar-refractivity contribution is 0.0938. The number of likely N-dealkylation sites (tertiary alicyclic amines) is 1. The molecule has 0 aromatic carbocycles. The van der Waals surface area contributed by atoms with Gasteiger partial charge in [-0.3, -0.25) is 9.78 Å². The van der Waals surface area contributed by atoms with Crippen molar-refractivity contribution in [3.8, 4) is 6.07 Å². The zero-order valence-corrected chi connectivity index (χ0v) is 10.4. The summed E-state index contributed by atoms with van der Waals surface area (Å²) in [4.78, 5) is 18.3. The van der Waals surface area contributed by atoms with Gasteiger partial charge in [-0.15, -0.1) is 0 Å². The first kappa shape index (κ1) is 12.5. The van der Waals surface area contributed by atoms with Gasteiger partial charge in [0.05, 0.1) is 18.2 Å². The van der Waals surface area contributed by atoms with Gasteiger partial charge in [0.1, 0.15) is 0 Å². The van der Waals surface area contributed by atoms with Crippen LogP contribution < -0.4 is 5.32 Å². The summed E-state index contributed by atoms with van der Waals surface area (Å²) in [5.41, 5.74) is 1.21. The molecule has 1 aliphatic heterocycles. The van der Waals surface area contributed by atoms with E-state index in [2.05, 4.69) is 15.2 Å². The summed E-state index contributed by atoms with van der Waals surface area (Å²) in [5.74, 6) is -0.0862. The van der Waals surface area contributed by atoms with Crippen LogP contribution in [-0.2, 0) is 6.42 Å². The Kier molecular flexibility index (Phi) is 3.90. The maximum absolute atomic E-state index is 12.0. The minimum atomic E-state index is -0.0862. The lowest BCUT2D eigenvalue weighted by Crippen LogP contribution is -2.36. The average molecular weight is 244 g/mol. The molecule has 0 spiro atoms. The highest BCUT2D eigenvalue weighted by Gasteiger charge is 2.21. The Labute approximate surface area is 106 Å². The molecule has 2 heterocycles. The Morgan fingerprint density at radius 1 is 1.72 bits per heavy atom. The molecule has 1 aromatic heterocycles. The highest BCUT2D eigenvalue weighted by Crippen LogP contribution is 2.08. The number of carbonyl (C=O) groups excluding carboxylic acids is 1.